The van der Waals surface area contributed by atoms with Gasteiger partial charge in [-0.1, -0.05) is 59.3 Å². The first-order valence-corrected chi connectivity index (χ1v) is 23.8. The molecule has 7 rings (SSSR count). The predicted octanol–water partition coefficient (Wildman–Crippen LogP) is 7.14. The van der Waals surface area contributed by atoms with Crippen LogP contribution in [-0.2, 0) is 23.8 Å². The highest BCUT2D eigenvalue weighted by Crippen LogP contribution is 2.50. The molecule has 2 aromatic rings. The highest BCUT2D eigenvalue weighted by Gasteiger charge is 2.53. The van der Waals surface area contributed by atoms with Crippen LogP contribution in [0.15, 0.2) is 71.8 Å². The lowest BCUT2D eigenvalue weighted by atomic mass is 9.78. The van der Waals surface area contributed by atoms with Gasteiger partial charge in [0, 0.05) is 68.9 Å². The third-order valence-electron chi connectivity index (χ3n) is 13.6. The molecule has 1 aliphatic carbocycles. The Kier molecular flexibility index (Phi) is 16.8. The predicted molar refractivity (Wildman–Crippen MR) is 254 cm³/mol. The average Bonchev–Trinajstić information content (AvgIpc) is 3.60. The number of carbonyl (C=O) groups excluding carboxylic acids is 6. The maximum absolute atomic E-state index is 15.3. The number of carbonyl (C=O) groups is 6. The normalized spacial score (nSPS) is 27.9. The average molecular weight is 955 g/mol. The molecule has 0 radical (unpaired) electrons. The van der Waals surface area contributed by atoms with Crippen molar-refractivity contribution in [2.45, 2.75) is 125 Å². The Labute approximate surface area is 403 Å². The number of unbranched alkanes of at least 4 members (excludes halogenated alkanes) is 1. The van der Waals surface area contributed by atoms with E-state index in [1.807, 2.05) is 6.92 Å². The highest BCUT2D eigenvalue weighted by molar-refractivity contribution is 6.32. The number of amides is 1. The number of ether oxygens (including phenoxy) is 6. The van der Waals surface area contributed by atoms with E-state index in [0.29, 0.717) is 38.3 Å². The summed E-state index contributed by atoms with van der Waals surface area (Å²) in [6.45, 7) is 15.8. The first-order valence-electron chi connectivity index (χ1n) is 23.8. The molecule has 9 atom stereocenters. The summed E-state index contributed by atoms with van der Waals surface area (Å²) in [6.07, 6.45) is 7.39. The van der Waals surface area contributed by atoms with Gasteiger partial charge in [0.1, 0.15) is 34.7 Å². The van der Waals surface area contributed by atoms with Crippen LogP contribution in [-0.4, -0.2) is 107 Å². The van der Waals surface area contributed by atoms with Crippen LogP contribution in [0.2, 0.25) is 0 Å². The number of hydrogen-bond acceptors (Lipinski definition) is 15. The van der Waals surface area contributed by atoms with Crippen molar-refractivity contribution < 1.29 is 67.4 Å². The molecule has 1 amide bonds. The third kappa shape index (κ3) is 10.9. The standard InChI is InChI=1S/C53H66N2O14/c1-11-12-26-65-36-21-19-35(20-22-36)52(63)68-48-33(7)49-40-38-39(48)45(59)41(42(46(38)60)55-24-14-13-15-25-55)54-51(62)29(3)18-16-17-28(2)43(57)31(5)44(58)32(6)47(67-34(8)56)30(4)37(64-10)23-27-66-53(9,69-49)50(40)61/h16-23,27-28,30-32,37,43-44,47,57-58H,11-15,24-26H2,1-10H3,(H,54,62). The fourth-order valence-corrected chi connectivity index (χ4v) is 9.38. The molecule has 2 aromatic carbocycles. The van der Waals surface area contributed by atoms with Crippen LogP contribution < -0.4 is 19.5 Å². The number of piperidine rings is 1. The minimum Gasteiger partial charge on any atom is -0.494 e. The number of aliphatic hydroxyl groups excluding tert-OH is 2. The van der Waals surface area contributed by atoms with Gasteiger partial charge in [0.15, 0.2) is 0 Å². The number of aliphatic hydroxyl groups is 2. The molecule has 0 saturated carbocycles. The smallest absolute Gasteiger partial charge is 0.343 e. The Hall–Kier alpha value is -6.10. The summed E-state index contributed by atoms with van der Waals surface area (Å²) in [5.74, 6) is -9.39. The lowest BCUT2D eigenvalue weighted by Crippen LogP contribution is -2.46. The van der Waals surface area contributed by atoms with E-state index >= 15 is 9.59 Å². The number of fused-ring (bicyclic) bond motifs is 14. The van der Waals surface area contributed by atoms with E-state index < -0.39 is 94.6 Å². The van der Waals surface area contributed by atoms with Gasteiger partial charge >= 0.3 is 17.7 Å². The van der Waals surface area contributed by atoms with Crippen molar-refractivity contribution in [3.05, 3.63) is 99.6 Å². The number of rotatable bonds is 9. The first-order chi connectivity index (χ1) is 32.8. The molecule has 0 spiro atoms. The summed E-state index contributed by atoms with van der Waals surface area (Å²) < 4.78 is 35.9. The molecule has 16 nitrogen and oxygen atoms in total. The number of allylic oxidation sites excluding steroid dienone is 4. The molecule has 5 bridgehead atoms. The summed E-state index contributed by atoms with van der Waals surface area (Å²) >= 11 is 0. The second kappa shape index (κ2) is 22.1. The SMILES string of the molecule is CCCCOc1ccc(C(=O)Oc2c(C)c3c4c5c2C(=O)C(=C(N2CCCCC2)C5=O)NC(=O)C(C)=CC=CC(C)C(O)C(C)C(O)C(C)C(OC(C)=O)C(C)C(OC)C=COC(C)(O3)C4=O)cc1. The van der Waals surface area contributed by atoms with Crippen molar-refractivity contribution in [2.24, 2.45) is 23.7 Å². The Morgan fingerprint density at radius 1 is 0.884 bits per heavy atom. The van der Waals surface area contributed by atoms with Crippen molar-refractivity contribution in [1.82, 2.24) is 10.2 Å². The summed E-state index contributed by atoms with van der Waals surface area (Å²) in [6, 6.07) is 6.24. The maximum atomic E-state index is 15.3. The van der Waals surface area contributed by atoms with E-state index in [-0.39, 0.29) is 50.7 Å². The molecule has 1 fully saturated rings. The zero-order chi connectivity index (χ0) is 50.5. The summed E-state index contributed by atoms with van der Waals surface area (Å²) in [7, 11) is 1.43. The second-order valence-corrected chi connectivity index (χ2v) is 18.7. The Balaban J connectivity index is 1.53. The summed E-state index contributed by atoms with van der Waals surface area (Å²) in [5.41, 5.74) is -1.25. The van der Waals surface area contributed by atoms with Gasteiger partial charge in [-0.2, -0.15) is 0 Å². The number of ketones is 3. The zero-order valence-electron chi connectivity index (χ0n) is 41.2. The number of hydrogen-bond donors (Lipinski definition) is 3. The molecule has 4 heterocycles. The van der Waals surface area contributed by atoms with Crippen LogP contribution >= 0.6 is 0 Å². The molecule has 9 unspecified atom stereocenters. The molecule has 1 saturated heterocycles. The monoisotopic (exact) mass is 954 g/mol. The molecule has 4 aliphatic heterocycles. The summed E-state index contributed by atoms with van der Waals surface area (Å²) in [5, 5.41) is 25.8. The number of methoxy groups -OCH3 is 1. The number of nitrogens with zero attached hydrogens (tertiary/aromatic N) is 1. The molecular weight excluding hydrogens is 889 g/mol. The van der Waals surface area contributed by atoms with E-state index in [0.717, 1.165) is 19.3 Å². The number of nitrogens with one attached hydrogen (secondary N) is 1. The Morgan fingerprint density at radius 2 is 1.57 bits per heavy atom. The lowest BCUT2D eigenvalue weighted by molar-refractivity contribution is -0.160. The van der Waals surface area contributed by atoms with Gasteiger partial charge < -0.3 is 48.9 Å². The summed E-state index contributed by atoms with van der Waals surface area (Å²) in [4.78, 5) is 87.9. The second-order valence-electron chi connectivity index (χ2n) is 18.7. The van der Waals surface area contributed by atoms with Crippen LogP contribution in [0.4, 0.5) is 0 Å². The minimum atomic E-state index is -2.15. The molecule has 372 valence electrons. The van der Waals surface area contributed by atoms with Crippen molar-refractivity contribution in [2.75, 3.05) is 26.8 Å². The molecular formula is C53H66N2O14. The molecule has 0 aromatic heterocycles. The van der Waals surface area contributed by atoms with Gasteiger partial charge in [0.2, 0.25) is 11.6 Å². The Bertz CT molecular complexity index is 2450. The van der Waals surface area contributed by atoms with Gasteiger partial charge in [-0.25, -0.2) is 4.79 Å². The number of esters is 2. The van der Waals surface area contributed by atoms with Gasteiger partial charge in [-0.05, 0) is 69.9 Å². The van der Waals surface area contributed by atoms with E-state index in [1.54, 1.807) is 56.9 Å². The number of Topliss-reactive ketones (excluding diaryl/α,β-unsaturated/α-hetero) is 3. The van der Waals surface area contributed by atoms with Crippen LogP contribution in [0, 0.1) is 30.6 Å². The number of likely N-dealkylation sites (tertiary alicyclic amines) is 1. The van der Waals surface area contributed by atoms with Crippen LogP contribution in [0.1, 0.15) is 134 Å². The third-order valence-corrected chi connectivity index (χ3v) is 13.6. The topological polar surface area (TPSA) is 214 Å². The lowest BCUT2D eigenvalue weighted by Gasteiger charge is -2.38. The quantitative estimate of drug-likeness (QED) is 0.130. The van der Waals surface area contributed by atoms with Crippen molar-refractivity contribution in [3.8, 4) is 17.2 Å². The van der Waals surface area contributed by atoms with E-state index in [1.165, 1.54) is 65.4 Å². The van der Waals surface area contributed by atoms with E-state index in [2.05, 4.69) is 5.32 Å². The highest BCUT2D eigenvalue weighted by atomic mass is 16.7. The van der Waals surface area contributed by atoms with Crippen molar-refractivity contribution in [3.63, 3.8) is 0 Å². The largest absolute Gasteiger partial charge is 0.494 e. The zero-order valence-corrected chi connectivity index (χ0v) is 41.2. The van der Waals surface area contributed by atoms with Crippen LogP contribution in [0.5, 0.6) is 17.2 Å². The molecule has 3 N–H and O–H groups in total. The fourth-order valence-electron chi connectivity index (χ4n) is 9.38. The van der Waals surface area contributed by atoms with Crippen LogP contribution in [0.25, 0.3) is 0 Å². The Morgan fingerprint density at radius 3 is 2.20 bits per heavy atom. The van der Waals surface area contributed by atoms with Gasteiger partial charge in [-0.3, -0.25) is 24.0 Å². The maximum Gasteiger partial charge on any atom is 0.343 e. The first kappa shape index (κ1) is 52.3. The van der Waals surface area contributed by atoms with Gasteiger partial charge in [0.25, 0.3) is 11.7 Å². The molecule has 5 aliphatic rings. The van der Waals surface area contributed by atoms with E-state index in [9.17, 15) is 29.4 Å². The number of benzene rings is 2. The van der Waals surface area contributed by atoms with Gasteiger partial charge in [-0.15, -0.1) is 0 Å². The minimum absolute atomic E-state index is 0.0342. The van der Waals surface area contributed by atoms with Crippen LogP contribution in [0.3, 0.4) is 0 Å². The fraction of sp³-hybridized carbons (Fsp3) is 0.509. The molecule has 16 heteroatoms. The van der Waals surface area contributed by atoms with Crippen molar-refractivity contribution >= 4 is 35.2 Å². The van der Waals surface area contributed by atoms with Crippen molar-refractivity contribution in [1.29, 1.82) is 0 Å². The van der Waals surface area contributed by atoms with E-state index in [4.69, 9.17) is 28.4 Å². The molecule has 69 heavy (non-hydrogen) atoms. The van der Waals surface area contributed by atoms with Gasteiger partial charge in [0.05, 0.1) is 53.4 Å².